The zero-order chi connectivity index (χ0) is 24.2. The lowest BCUT2D eigenvalue weighted by Crippen LogP contribution is -2.40. The summed E-state index contributed by atoms with van der Waals surface area (Å²) in [6, 6.07) is 19.9. The van der Waals surface area contributed by atoms with E-state index in [4.69, 9.17) is 0 Å². The van der Waals surface area contributed by atoms with Crippen LogP contribution in [0.1, 0.15) is 34.7 Å². The smallest absolute Gasteiger partial charge is 0.264 e. The van der Waals surface area contributed by atoms with Crippen LogP contribution in [-0.2, 0) is 14.8 Å². The van der Waals surface area contributed by atoms with E-state index in [1.54, 1.807) is 37.3 Å². The zero-order valence-corrected chi connectivity index (χ0v) is 20.4. The van der Waals surface area contributed by atoms with Crippen LogP contribution in [0.4, 0.5) is 5.69 Å². The van der Waals surface area contributed by atoms with Gasteiger partial charge in [-0.1, -0.05) is 59.7 Å². The van der Waals surface area contributed by atoms with E-state index in [-0.39, 0.29) is 4.90 Å². The summed E-state index contributed by atoms with van der Waals surface area (Å²) in [6.45, 7) is 8.98. The van der Waals surface area contributed by atoms with Crippen LogP contribution in [0, 0.1) is 27.7 Å². The molecule has 0 bridgehead atoms. The molecule has 3 aromatic carbocycles. The number of hydrazone groups is 1. The van der Waals surface area contributed by atoms with Gasteiger partial charge in [0, 0.05) is 0 Å². The number of benzene rings is 3. The van der Waals surface area contributed by atoms with Crippen molar-refractivity contribution >= 4 is 27.3 Å². The lowest BCUT2D eigenvalue weighted by atomic mass is 10.1. The number of rotatable bonds is 7. The van der Waals surface area contributed by atoms with E-state index in [1.165, 1.54) is 0 Å². The van der Waals surface area contributed by atoms with Gasteiger partial charge in [0.05, 0.1) is 16.3 Å². The molecule has 0 aliphatic rings. The molecule has 0 spiro atoms. The minimum Gasteiger partial charge on any atom is -0.271 e. The number of hydrogen-bond acceptors (Lipinski definition) is 4. The molecule has 1 N–H and O–H groups in total. The molecule has 7 heteroatoms. The van der Waals surface area contributed by atoms with E-state index in [9.17, 15) is 13.2 Å². The standard InChI is InChI=1S/C26H29N3O3S/c1-18-7-12-23(13-8-18)22(5)27-28-26(30)17-29(25-16-20(3)6-11-21(25)4)33(31,32)24-14-9-19(2)10-15-24/h6-16H,17H2,1-5H3,(H,28,30)/b27-22-. The van der Waals surface area contributed by atoms with E-state index in [2.05, 4.69) is 10.5 Å². The molecule has 6 nitrogen and oxygen atoms in total. The number of hydrogen-bond donors (Lipinski definition) is 1. The SMILES string of the molecule is C/C(=N/NC(=O)CN(c1cc(C)ccc1C)S(=O)(=O)c1ccc(C)cc1)c1ccc(C)cc1. The molecule has 0 saturated heterocycles. The fourth-order valence-corrected chi connectivity index (χ4v) is 4.77. The van der Waals surface area contributed by atoms with Gasteiger partial charge in [0.2, 0.25) is 0 Å². The highest BCUT2D eigenvalue weighted by Gasteiger charge is 2.28. The molecule has 0 fully saturated rings. The average Bonchev–Trinajstić information content (AvgIpc) is 2.78. The Bertz CT molecular complexity index is 1280. The van der Waals surface area contributed by atoms with Crippen molar-refractivity contribution in [2.75, 3.05) is 10.8 Å². The lowest BCUT2D eigenvalue weighted by Gasteiger charge is -2.25. The van der Waals surface area contributed by atoms with Crippen LogP contribution in [0.3, 0.4) is 0 Å². The second kappa shape index (κ2) is 10.0. The van der Waals surface area contributed by atoms with Crippen molar-refractivity contribution < 1.29 is 13.2 Å². The number of nitrogens with one attached hydrogen (secondary N) is 1. The first-order valence-corrected chi connectivity index (χ1v) is 12.1. The minimum atomic E-state index is -3.98. The Kier molecular flexibility index (Phi) is 7.33. The fourth-order valence-electron chi connectivity index (χ4n) is 3.30. The third-order valence-corrected chi connectivity index (χ3v) is 7.12. The zero-order valence-electron chi connectivity index (χ0n) is 19.6. The lowest BCUT2D eigenvalue weighted by molar-refractivity contribution is -0.119. The summed E-state index contributed by atoms with van der Waals surface area (Å²) in [6.07, 6.45) is 0. The van der Waals surface area contributed by atoms with E-state index >= 15 is 0 Å². The first kappa shape index (κ1) is 24.2. The molecule has 0 heterocycles. The Hall–Kier alpha value is -3.45. The highest BCUT2D eigenvalue weighted by molar-refractivity contribution is 7.92. The summed E-state index contributed by atoms with van der Waals surface area (Å²) in [5.41, 5.74) is 8.20. The summed E-state index contributed by atoms with van der Waals surface area (Å²) in [5, 5.41) is 4.17. The molecule has 3 aromatic rings. The van der Waals surface area contributed by atoms with E-state index < -0.39 is 22.5 Å². The highest BCUT2D eigenvalue weighted by atomic mass is 32.2. The molecule has 0 aliphatic heterocycles. The summed E-state index contributed by atoms with van der Waals surface area (Å²) in [5.74, 6) is -0.530. The van der Waals surface area contributed by atoms with Crippen molar-refractivity contribution in [3.63, 3.8) is 0 Å². The highest BCUT2D eigenvalue weighted by Crippen LogP contribution is 2.28. The molecule has 172 valence electrons. The fraction of sp³-hybridized carbons (Fsp3) is 0.231. The van der Waals surface area contributed by atoms with Crippen molar-refractivity contribution in [2.24, 2.45) is 5.10 Å². The molecule has 33 heavy (non-hydrogen) atoms. The van der Waals surface area contributed by atoms with Crippen LogP contribution in [0.2, 0.25) is 0 Å². The Balaban J connectivity index is 1.92. The topological polar surface area (TPSA) is 78.8 Å². The Morgan fingerprint density at radius 2 is 1.39 bits per heavy atom. The molecule has 0 radical (unpaired) electrons. The third kappa shape index (κ3) is 5.87. The van der Waals surface area contributed by atoms with Gasteiger partial charge >= 0.3 is 0 Å². The van der Waals surface area contributed by atoms with E-state index in [0.29, 0.717) is 11.4 Å². The summed E-state index contributed by atoms with van der Waals surface area (Å²) >= 11 is 0. The maximum absolute atomic E-state index is 13.5. The van der Waals surface area contributed by atoms with Crippen LogP contribution in [-0.4, -0.2) is 26.6 Å². The van der Waals surface area contributed by atoms with Gasteiger partial charge in [-0.15, -0.1) is 0 Å². The Morgan fingerprint density at radius 3 is 2.00 bits per heavy atom. The third-order valence-electron chi connectivity index (χ3n) is 5.35. The first-order chi connectivity index (χ1) is 15.6. The van der Waals surface area contributed by atoms with Crippen LogP contribution in [0.5, 0.6) is 0 Å². The molecule has 0 unspecified atom stereocenters. The van der Waals surface area contributed by atoms with Gasteiger partial charge in [-0.3, -0.25) is 9.10 Å². The van der Waals surface area contributed by atoms with Gasteiger partial charge in [-0.2, -0.15) is 5.10 Å². The molecule has 1 amide bonds. The van der Waals surface area contributed by atoms with Crippen LogP contribution in [0.15, 0.2) is 76.7 Å². The molecule has 0 aromatic heterocycles. The molecule has 3 rings (SSSR count). The quantitative estimate of drug-likeness (QED) is 0.409. The normalized spacial score (nSPS) is 11.8. The van der Waals surface area contributed by atoms with Gasteiger partial charge in [0.1, 0.15) is 6.54 Å². The van der Waals surface area contributed by atoms with Crippen molar-refractivity contribution in [1.82, 2.24) is 5.43 Å². The average molecular weight is 464 g/mol. The summed E-state index contributed by atoms with van der Waals surface area (Å²) in [7, 11) is -3.98. The van der Waals surface area contributed by atoms with Crippen molar-refractivity contribution in [1.29, 1.82) is 0 Å². The Labute approximate surface area is 196 Å². The maximum Gasteiger partial charge on any atom is 0.264 e. The molecular formula is C26H29N3O3S. The predicted molar refractivity (Wildman–Crippen MR) is 133 cm³/mol. The summed E-state index contributed by atoms with van der Waals surface area (Å²) in [4.78, 5) is 12.9. The van der Waals surface area contributed by atoms with Gasteiger partial charge in [0.15, 0.2) is 0 Å². The van der Waals surface area contributed by atoms with Gasteiger partial charge in [-0.05, 0) is 69.5 Å². The number of aryl methyl sites for hydroxylation is 4. The minimum absolute atomic E-state index is 0.126. The second-order valence-electron chi connectivity index (χ2n) is 8.21. The van der Waals surface area contributed by atoms with Crippen LogP contribution < -0.4 is 9.73 Å². The second-order valence-corrected chi connectivity index (χ2v) is 10.1. The van der Waals surface area contributed by atoms with Gasteiger partial charge in [-0.25, -0.2) is 13.8 Å². The largest absolute Gasteiger partial charge is 0.271 e. The van der Waals surface area contributed by atoms with Crippen LogP contribution >= 0.6 is 0 Å². The number of nitrogens with zero attached hydrogens (tertiary/aromatic N) is 2. The monoisotopic (exact) mass is 463 g/mol. The van der Waals surface area contributed by atoms with Crippen molar-refractivity contribution in [3.05, 3.63) is 94.5 Å². The molecular weight excluding hydrogens is 434 g/mol. The number of sulfonamides is 1. The maximum atomic E-state index is 13.5. The number of anilines is 1. The van der Waals surface area contributed by atoms with Gasteiger partial charge in [0.25, 0.3) is 15.9 Å². The van der Waals surface area contributed by atoms with Crippen LogP contribution in [0.25, 0.3) is 0 Å². The number of carbonyl (C=O) groups excluding carboxylic acids is 1. The number of amides is 1. The van der Waals surface area contributed by atoms with Crippen molar-refractivity contribution in [3.8, 4) is 0 Å². The molecule has 0 atom stereocenters. The first-order valence-electron chi connectivity index (χ1n) is 10.6. The summed E-state index contributed by atoms with van der Waals surface area (Å²) < 4.78 is 28.2. The van der Waals surface area contributed by atoms with Gasteiger partial charge < -0.3 is 0 Å². The Morgan fingerprint density at radius 1 is 0.848 bits per heavy atom. The molecule has 0 aliphatic carbocycles. The van der Waals surface area contributed by atoms with Crippen molar-refractivity contribution in [2.45, 2.75) is 39.5 Å². The van der Waals surface area contributed by atoms with E-state index in [0.717, 1.165) is 32.1 Å². The van der Waals surface area contributed by atoms with E-state index in [1.807, 2.05) is 64.1 Å². The number of carbonyl (C=O) groups is 1. The molecule has 0 saturated carbocycles. The predicted octanol–water partition coefficient (Wildman–Crippen LogP) is 4.66.